The molecule has 0 unspecified atom stereocenters. The smallest absolute Gasteiger partial charge is 0.225 e. The highest BCUT2D eigenvalue weighted by Crippen LogP contribution is 2.20. The molecule has 1 aromatic heterocycles. The van der Waals surface area contributed by atoms with Gasteiger partial charge in [-0.1, -0.05) is 6.58 Å². The van der Waals surface area contributed by atoms with Crippen LogP contribution in [-0.2, 0) is 4.74 Å². The lowest BCUT2D eigenvalue weighted by Gasteiger charge is -2.31. The fourth-order valence-corrected chi connectivity index (χ4v) is 2.12. The van der Waals surface area contributed by atoms with Crippen molar-refractivity contribution in [1.82, 2.24) is 9.97 Å². The van der Waals surface area contributed by atoms with Gasteiger partial charge in [0.25, 0.3) is 0 Å². The lowest BCUT2D eigenvalue weighted by Crippen LogP contribution is -2.37. The van der Waals surface area contributed by atoms with E-state index in [0.717, 1.165) is 44.0 Å². The molecule has 1 aliphatic rings. The van der Waals surface area contributed by atoms with E-state index in [2.05, 4.69) is 21.4 Å². The molecule has 5 heteroatoms. The summed E-state index contributed by atoms with van der Waals surface area (Å²) in [6.45, 7) is 6.51. The monoisotopic (exact) mass is 248 g/mol. The van der Waals surface area contributed by atoms with Crippen LogP contribution in [-0.4, -0.2) is 36.7 Å². The SMILES string of the molecule is C=C(OC)c1cnc(N2CCC(CN)CC2)nc1. The molecule has 18 heavy (non-hydrogen) atoms. The van der Waals surface area contributed by atoms with Crippen molar-refractivity contribution in [3.05, 3.63) is 24.5 Å². The minimum Gasteiger partial charge on any atom is -0.497 e. The lowest BCUT2D eigenvalue weighted by atomic mass is 9.97. The molecule has 0 bridgehead atoms. The Morgan fingerprint density at radius 2 is 2.06 bits per heavy atom. The lowest BCUT2D eigenvalue weighted by molar-refractivity contribution is 0.371. The number of aromatic nitrogens is 2. The fraction of sp³-hybridized carbons (Fsp3) is 0.538. The normalized spacial score (nSPS) is 16.7. The van der Waals surface area contributed by atoms with Crippen LogP contribution < -0.4 is 10.6 Å². The minimum absolute atomic E-state index is 0.586. The van der Waals surface area contributed by atoms with Gasteiger partial charge in [0.1, 0.15) is 5.76 Å². The van der Waals surface area contributed by atoms with Crippen LogP contribution in [0.1, 0.15) is 18.4 Å². The number of hydrogen-bond donors (Lipinski definition) is 1. The molecule has 0 aliphatic carbocycles. The van der Waals surface area contributed by atoms with Gasteiger partial charge in [0.15, 0.2) is 0 Å². The van der Waals surface area contributed by atoms with Crippen LogP contribution in [0, 0.1) is 5.92 Å². The topological polar surface area (TPSA) is 64.3 Å². The Morgan fingerprint density at radius 3 is 2.56 bits per heavy atom. The van der Waals surface area contributed by atoms with Crippen molar-refractivity contribution >= 4 is 11.7 Å². The zero-order valence-electron chi connectivity index (χ0n) is 10.8. The van der Waals surface area contributed by atoms with E-state index in [9.17, 15) is 0 Å². The van der Waals surface area contributed by atoms with E-state index in [1.165, 1.54) is 0 Å². The molecule has 1 fully saturated rings. The first-order valence-electron chi connectivity index (χ1n) is 6.25. The molecule has 2 rings (SSSR count). The van der Waals surface area contributed by atoms with Gasteiger partial charge in [-0.05, 0) is 25.3 Å². The van der Waals surface area contributed by atoms with Crippen molar-refractivity contribution in [3.63, 3.8) is 0 Å². The Bertz CT molecular complexity index is 396. The number of nitrogens with two attached hydrogens (primary N) is 1. The van der Waals surface area contributed by atoms with Gasteiger partial charge in [-0.25, -0.2) is 9.97 Å². The maximum atomic E-state index is 5.68. The van der Waals surface area contributed by atoms with Crippen LogP contribution in [0.15, 0.2) is 19.0 Å². The van der Waals surface area contributed by atoms with Crippen LogP contribution in [0.4, 0.5) is 5.95 Å². The number of methoxy groups -OCH3 is 1. The van der Waals surface area contributed by atoms with Gasteiger partial charge in [0.2, 0.25) is 5.95 Å². The van der Waals surface area contributed by atoms with E-state index in [-0.39, 0.29) is 0 Å². The Hall–Kier alpha value is -1.62. The summed E-state index contributed by atoms with van der Waals surface area (Å²) in [5.74, 6) is 2.01. The average molecular weight is 248 g/mol. The van der Waals surface area contributed by atoms with Crippen molar-refractivity contribution < 1.29 is 4.74 Å². The van der Waals surface area contributed by atoms with Gasteiger partial charge < -0.3 is 15.4 Å². The standard InChI is InChI=1S/C13H20N4O/c1-10(18-2)12-8-15-13(16-9-12)17-5-3-11(7-14)4-6-17/h8-9,11H,1,3-7,14H2,2H3. The Morgan fingerprint density at radius 1 is 1.44 bits per heavy atom. The third-order valence-electron chi connectivity index (χ3n) is 3.44. The summed E-state index contributed by atoms with van der Waals surface area (Å²) in [4.78, 5) is 10.9. The van der Waals surface area contributed by atoms with Crippen molar-refractivity contribution in [3.8, 4) is 0 Å². The second-order valence-electron chi connectivity index (χ2n) is 4.57. The molecule has 0 radical (unpaired) electrons. The van der Waals surface area contributed by atoms with E-state index in [0.29, 0.717) is 11.7 Å². The van der Waals surface area contributed by atoms with Crippen molar-refractivity contribution in [1.29, 1.82) is 0 Å². The molecule has 5 nitrogen and oxygen atoms in total. The van der Waals surface area contributed by atoms with E-state index >= 15 is 0 Å². The van der Waals surface area contributed by atoms with Gasteiger partial charge in [0.05, 0.1) is 12.7 Å². The molecular formula is C13H20N4O. The molecule has 2 heterocycles. The molecule has 1 saturated heterocycles. The number of nitrogens with zero attached hydrogens (tertiary/aromatic N) is 3. The predicted molar refractivity (Wildman–Crippen MR) is 72.1 cm³/mol. The van der Waals surface area contributed by atoms with Crippen LogP contribution in [0.2, 0.25) is 0 Å². The predicted octanol–water partition coefficient (Wildman–Crippen LogP) is 1.27. The maximum absolute atomic E-state index is 5.68. The largest absolute Gasteiger partial charge is 0.497 e. The third-order valence-corrected chi connectivity index (χ3v) is 3.44. The van der Waals surface area contributed by atoms with Gasteiger partial charge >= 0.3 is 0 Å². The highest BCUT2D eigenvalue weighted by atomic mass is 16.5. The average Bonchev–Trinajstić information content (AvgIpc) is 2.47. The molecular weight excluding hydrogens is 228 g/mol. The van der Waals surface area contributed by atoms with Gasteiger partial charge in [0, 0.05) is 25.5 Å². The first kappa shape index (κ1) is 12.8. The Labute approximate surface area is 108 Å². The molecule has 1 aromatic rings. The summed E-state index contributed by atoms with van der Waals surface area (Å²) in [7, 11) is 1.59. The molecule has 2 N–H and O–H groups in total. The van der Waals surface area contributed by atoms with Crippen LogP contribution in [0.3, 0.4) is 0 Å². The molecule has 0 spiro atoms. The van der Waals surface area contributed by atoms with Crippen LogP contribution >= 0.6 is 0 Å². The maximum Gasteiger partial charge on any atom is 0.225 e. The highest BCUT2D eigenvalue weighted by Gasteiger charge is 2.19. The summed E-state index contributed by atoms with van der Waals surface area (Å²) in [6, 6.07) is 0. The van der Waals surface area contributed by atoms with Crippen LogP contribution in [0.5, 0.6) is 0 Å². The first-order valence-corrected chi connectivity index (χ1v) is 6.25. The summed E-state index contributed by atoms with van der Waals surface area (Å²) in [5, 5.41) is 0. The molecule has 0 aromatic carbocycles. The van der Waals surface area contributed by atoms with Crippen molar-refractivity contribution in [2.75, 3.05) is 31.6 Å². The zero-order valence-corrected chi connectivity index (χ0v) is 10.8. The zero-order chi connectivity index (χ0) is 13.0. The minimum atomic E-state index is 0.586. The Kier molecular flexibility index (Phi) is 4.15. The van der Waals surface area contributed by atoms with Crippen molar-refractivity contribution in [2.45, 2.75) is 12.8 Å². The highest BCUT2D eigenvalue weighted by molar-refractivity contribution is 5.55. The van der Waals surface area contributed by atoms with Gasteiger partial charge in [-0.2, -0.15) is 0 Å². The number of rotatable bonds is 4. The number of piperidine rings is 1. The van der Waals surface area contributed by atoms with Crippen molar-refractivity contribution in [2.24, 2.45) is 11.7 Å². The van der Waals surface area contributed by atoms with Gasteiger partial charge in [-0.15, -0.1) is 0 Å². The third kappa shape index (κ3) is 2.79. The molecule has 1 aliphatic heterocycles. The molecule has 0 saturated carbocycles. The quantitative estimate of drug-likeness (QED) is 0.813. The summed E-state index contributed by atoms with van der Waals surface area (Å²) >= 11 is 0. The van der Waals surface area contributed by atoms with Crippen LogP contribution in [0.25, 0.3) is 5.76 Å². The number of anilines is 1. The summed E-state index contributed by atoms with van der Waals surface area (Å²) < 4.78 is 5.05. The van der Waals surface area contributed by atoms with E-state index < -0.39 is 0 Å². The van der Waals surface area contributed by atoms with E-state index in [1.54, 1.807) is 19.5 Å². The Balaban J connectivity index is 2.00. The second-order valence-corrected chi connectivity index (χ2v) is 4.57. The molecule has 0 amide bonds. The summed E-state index contributed by atoms with van der Waals surface area (Å²) in [5.41, 5.74) is 6.50. The van der Waals surface area contributed by atoms with E-state index in [4.69, 9.17) is 10.5 Å². The summed E-state index contributed by atoms with van der Waals surface area (Å²) in [6.07, 6.45) is 5.74. The molecule has 98 valence electrons. The van der Waals surface area contributed by atoms with E-state index in [1.807, 2.05) is 0 Å². The first-order chi connectivity index (χ1) is 8.74. The second kappa shape index (κ2) is 5.82. The van der Waals surface area contributed by atoms with Gasteiger partial charge in [-0.3, -0.25) is 0 Å². The number of ether oxygens (including phenoxy) is 1. The fourth-order valence-electron chi connectivity index (χ4n) is 2.12. The molecule has 0 atom stereocenters. The number of hydrogen-bond acceptors (Lipinski definition) is 5.